The van der Waals surface area contributed by atoms with Gasteiger partial charge in [0.15, 0.2) is 0 Å². The molecule has 1 saturated heterocycles. The Kier molecular flexibility index (Phi) is 7.20. The number of methoxy groups -OCH3 is 2. The van der Waals surface area contributed by atoms with Crippen molar-refractivity contribution in [3.63, 3.8) is 0 Å². The number of hydrogen-bond acceptors (Lipinski definition) is 6. The summed E-state index contributed by atoms with van der Waals surface area (Å²) in [6.07, 6.45) is 0.921. The Balaban J connectivity index is 1.85. The molecule has 1 heterocycles. The summed E-state index contributed by atoms with van der Waals surface area (Å²) in [7, 11) is 2.85. The van der Waals surface area contributed by atoms with Crippen molar-refractivity contribution in [2.45, 2.75) is 25.8 Å². The van der Waals surface area contributed by atoms with Crippen LogP contribution in [0.15, 0.2) is 78.4 Å². The monoisotopic (exact) mass is 485 g/mol. The molecule has 1 amide bonds. The van der Waals surface area contributed by atoms with E-state index in [2.05, 4.69) is 0 Å². The van der Waals surface area contributed by atoms with E-state index in [4.69, 9.17) is 9.47 Å². The number of aliphatic hydroxyl groups excluding tert-OH is 1. The molecule has 1 atom stereocenters. The highest BCUT2D eigenvalue weighted by Gasteiger charge is 2.47. The van der Waals surface area contributed by atoms with Crippen LogP contribution < -0.4 is 9.64 Å². The first-order valence-corrected chi connectivity index (χ1v) is 11.6. The van der Waals surface area contributed by atoms with Crippen molar-refractivity contribution in [1.82, 2.24) is 0 Å². The number of anilines is 1. The molecule has 1 unspecified atom stereocenters. The second-order valence-electron chi connectivity index (χ2n) is 8.42. The van der Waals surface area contributed by atoms with Crippen LogP contribution in [0.2, 0.25) is 0 Å². The Morgan fingerprint density at radius 1 is 0.944 bits per heavy atom. The minimum atomic E-state index is -0.877. The molecular formula is C29H27NO6. The van der Waals surface area contributed by atoms with Crippen LogP contribution in [0.25, 0.3) is 5.76 Å². The van der Waals surface area contributed by atoms with Gasteiger partial charge in [-0.05, 0) is 47.4 Å². The lowest BCUT2D eigenvalue weighted by atomic mass is 9.94. The van der Waals surface area contributed by atoms with Gasteiger partial charge in [-0.3, -0.25) is 19.3 Å². The van der Waals surface area contributed by atoms with Gasteiger partial charge < -0.3 is 14.6 Å². The smallest absolute Gasteiger partial charge is 0.309 e. The summed E-state index contributed by atoms with van der Waals surface area (Å²) in [5.74, 6) is -1.60. The van der Waals surface area contributed by atoms with Gasteiger partial charge in [-0.2, -0.15) is 0 Å². The highest BCUT2D eigenvalue weighted by Crippen LogP contribution is 2.42. The zero-order chi connectivity index (χ0) is 25.8. The van der Waals surface area contributed by atoms with Crippen LogP contribution in [0, 0.1) is 0 Å². The number of carbonyl (C=O) groups is 3. The Hall–Kier alpha value is -4.39. The van der Waals surface area contributed by atoms with Crippen molar-refractivity contribution in [1.29, 1.82) is 0 Å². The molecule has 1 aliphatic rings. The maximum atomic E-state index is 13.3. The fourth-order valence-electron chi connectivity index (χ4n) is 4.29. The van der Waals surface area contributed by atoms with Crippen LogP contribution in [0.5, 0.6) is 5.75 Å². The molecule has 4 rings (SSSR count). The third kappa shape index (κ3) is 4.73. The van der Waals surface area contributed by atoms with Crippen LogP contribution in [-0.2, 0) is 32.0 Å². The van der Waals surface area contributed by atoms with Crippen molar-refractivity contribution in [2.75, 3.05) is 19.1 Å². The number of ether oxygens (including phenoxy) is 2. The Bertz CT molecular complexity index is 1320. The number of Topliss-reactive ketones (excluding diaryl/α,β-unsaturated/α-hetero) is 1. The second-order valence-corrected chi connectivity index (χ2v) is 8.42. The molecule has 0 radical (unpaired) electrons. The van der Waals surface area contributed by atoms with E-state index in [0.717, 1.165) is 12.0 Å². The Morgan fingerprint density at radius 3 is 2.22 bits per heavy atom. The first-order chi connectivity index (χ1) is 17.4. The summed E-state index contributed by atoms with van der Waals surface area (Å²) in [5, 5.41) is 11.3. The van der Waals surface area contributed by atoms with E-state index < -0.39 is 17.7 Å². The number of nitrogens with zero attached hydrogens (tertiary/aromatic N) is 1. The quantitative estimate of drug-likeness (QED) is 0.228. The summed E-state index contributed by atoms with van der Waals surface area (Å²) in [6, 6.07) is 20.2. The van der Waals surface area contributed by atoms with Crippen LogP contribution in [0.4, 0.5) is 5.69 Å². The molecular weight excluding hydrogens is 458 g/mol. The van der Waals surface area contributed by atoms with Gasteiger partial charge in [0.1, 0.15) is 11.5 Å². The third-order valence-corrected chi connectivity index (χ3v) is 6.28. The largest absolute Gasteiger partial charge is 0.507 e. The number of benzene rings is 3. The van der Waals surface area contributed by atoms with Crippen molar-refractivity contribution in [3.05, 3.63) is 101 Å². The molecule has 1 N–H and O–H groups in total. The molecule has 0 saturated carbocycles. The molecule has 1 aliphatic heterocycles. The van der Waals surface area contributed by atoms with E-state index in [0.29, 0.717) is 28.1 Å². The molecule has 3 aromatic rings. The number of carbonyl (C=O) groups excluding carboxylic acids is 3. The lowest BCUT2D eigenvalue weighted by molar-refractivity contribution is -0.139. The number of ketones is 1. The molecule has 0 spiro atoms. The molecule has 36 heavy (non-hydrogen) atoms. The fourth-order valence-corrected chi connectivity index (χ4v) is 4.29. The Morgan fingerprint density at radius 2 is 1.61 bits per heavy atom. The van der Waals surface area contributed by atoms with E-state index in [1.165, 1.54) is 19.1 Å². The highest BCUT2D eigenvalue weighted by atomic mass is 16.5. The fraction of sp³-hybridized carbons (Fsp3) is 0.207. The molecule has 0 bridgehead atoms. The van der Waals surface area contributed by atoms with Crippen LogP contribution in [0.1, 0.15) is 35.2 Å². The molecule has 7 heteroatoms. The average Bonchev–Trinajstić information content (AvgIpc) is 3.18. The summed E-state index contributed by atoms with van der Waals surface area (Å²) in [6.45, 7) is 2.03. The zero-order valence-corrected chi connectivity index (χ0v) is 20.4. The highest BCUT2D eigenvalue weighted by molar-refractivity contribution is 6.51. The summed E-state index contributed by atoms with van der Waals surface area (Å²) < 4.78 is 10.1. The minimum Gasteiger partial charge on any atom is -0.507 e. The topological polar surface area (TPSA) is 93.1 Å². The van der Waals surface area contributed by atoms with Gasteiger partial charge in [0, 0.05) is 11.3 Å². The maximum absolute atomic E-state index is 13.3. The summed E-state index contributed by atoms with van der Waals surface area (Å²) >= 11 is 0. The number of esters is 1. The predicted molar refractivity (Wildman–Crippen MR) is 136 cm³/mol. The van der Waals surface area contributed by atoms with E-state index in [9.17, 15) is 19.5 Å². The van der Waals surface area contributed by atoms with Gasteiger partial charge in [0.2, 0.25) is 0 Å². The van der Waals surface area contributed by atoms with Crippen molar-refractivity contribution in [3.8, 4) is 5.75 Å². The Labute approximate surface area is 209 Å². The minimum absolute atomic E-state index is 0.00358. The molecule has 0 aliphatic carbocycles. The van der Waals surface area contributed by atoms with Crippen LogP contribution >= 0.6 is 0 Å². The molecule has 3 aromatic carbocycles. The standard InChI is InChI=1S/C29H27NO6/c1-4-18-8-12-20(13-9-18)27(32)25-26(21-6-5-7-23(17-21)35-2)30(29(34)28(25)33)22-14-10-19(11-15-22)16-24(31)36-3/h5-15,17,26,32H,4,16H2,1-3H3/b27-25-. The first kappa shape index (κ1) is 24.7. The first-order valence-electron chi connectivity index (χ1n) is 11.6. The van der Waals surface area contributed by atoms with Crippen molar-refractivity contribution < 1.29 is 29.0 Å². The predicted octanol–water partition coefficient (Wildman–Crippen LogP) is 4.60. The number of hydrogen-bond donors (Lipinski definition) is 1. The van der Waals surface area contributed by atoms with Gasteiger partial charge >= 0.3 is 5.97 Å². The number of aliphatic hydroxyl groups is 1. The number of aryl methyl sites for hydroxylation is 1. The van der Waals surface area contributed by atoms with Crippen LogP contribution in [-0.4, -0.2) is 37.0 Å². The van der Waals surface area contributed by atoms with E-state index in [1.54, 1.807) is 60.7 Å². The van der Waals surface area contributed by atoms with Gasteiger partial charge in [-0.1, -0.05) is 55.5 Å². The summed E-state index contributed by atoms with van der Waals surface area (Å²) in [4.78, 5) is 39.6. The van der Waals surface area contributed by atoms with E-state index in [1.807, 2.05) is 19.1 Å². The molecule has 1 fully saturated rings. The second kappa shape index (κ2) is 10.5. The lowest BCUT2D eigenvalue weighted by Gasteiger charge is -2.26. The van der Waals surface area contributed by atoms with E-state index in [-0.39, 0.29) is 23.7 Å². The zero-order valence-electron chi connectivity index (χ0n) is 20.4. The van der Waals surface area contributed by atoms with Gasteiger partial charge in [-0.15, -0.1) is 0 Å². The molecule has 7 nitrogen and oxygen atoms in total. The van der Waals surface area contributed by atoms with Gasteiger partial charge in [0.05, 0.1) is 32.3 Å². The normalized spacial score (nSPS) is 16.8. The van der Waals surface area contributed by atoms with E-state index >= 15 is 0 Å². The maximum Gasteiger partial charge on any atom is 0.309 e. The van der Waals surface area contributed by atoms with Gasteiger partial charge in [-0.25, -0.2) is 0 Å². The van der Waals surface area contributed by atoms with Crippen molar-refractivity contribution >= 4 is 29.1 Å². The van der Waals surface area contributed by atoms with Crippen molar-refractivity contribution in [2.24, 2.45) is 0 Å². The van der Waals surface area contributed by atoms with Gasteiger partial charge in [0.25, 0.3) is 11.7 Å². The SMILES string of the molecule is CCc1ccc(/C(O)=C2/C(=O)C(=O)N(c3ccc(CC(=O)OC)cc3)C2c2cccc(OC)c2)cc1. The molecule has 0 aromatic heterocycles. The third-order valence-electron chi connectivity index (χ3n) is 6.28. The number of rotatable bonds is 7. The lowest BCUT2D eigenvalue weighted by Crippen LogP contribution is -2.29. The average molecular weight is 486 g/mol. The molecule has 184 valence electrons. The number of amides is 1. The van der Waals surface area contributed by atoms with Crippen LogP contribution in [0.3, 0.4) is 0 Å². The summed E-state index contributed by atoms with van der Waals surface area (Å²) in [5.41, 5.74) is 3.31.